The minimum atomic E-state index is -0.669. The summed E-state index contributed by atoms with van der Waals surface area (Å²) in [7, 11) is 0. The van der Waals surface area contributed by atoms with Gasteiger partial charge < -0.3 is 19.6 Å². The second kappa shape index (κ2) is 10.2. The number of ether oxygens (including phenoxy) is 1. The molecule has 0 aromatic heterocycles. The Hall–Kier alpha value is -2.83. The van der Waals surface area contributed by atoms with Crippen LogP contribution in [0.2, 0.25) is 5.02 Å². The summed E-state index contributed by atoms with van der Waals surface area (Å²) in [5, 5.41) is 11.9. The molecule has 2 aromatic carbocycles. The highest BCUT2D eigenvalue weighted by Crippen LogP contribution is 2.40. The summed E-state index contributed by atoms with van der Waals surface area (Å²) in [6.07, 6.45) is 1.53. The van der Waals surface area contributed by atoms with Gasteiger partial charge in [0.25, 0.3) is 11.7 Å². The first kappa shape index (κ1) is 24.3. The number of Topliss-reactive ketones (excluding diaryl/α,β-unsaturated/α-hetero) is 1. The summed E-state index contributed by atoms with van der Waals surface area (Å²) < 4.78 is 5.76. The van der Waals surface area contributed by atoms with Crippen molar-refractivity contribution in [2.45, 2.75) is 45.8 Å². The second-order valence-electron chi connectivity index (χ2n) is 8.88. The van der Waals surface area contributed by atoms with Crippen LogP contribution in [0.15, 0.2) is 48.0 Å². The molecule has 0 unspecified atom stereocenters. The zero-order valence-electron chi connectivity index (χ0n) is 19.9. The molecular weight excluding hydrogens is 452 g/mol. The number of ketones is 1. The van der Waals surface area contributed by atoms with Crippen molar-refractivity contribution in [3.63, 3.8) is 0 Å². The van der Waals surface area contributed by atoms with Crippen molar-refractivity contribution in [1.29, 1.82) is 0 Å². The Morgan fingerprint density at radius 1 is 1.15 bits per heavy atom. The van der Waals surface area contributed by atoms with Crippen LogP contribution in [0, 0.1) is 0 Å². The van der Waals surface area contributed by atoms with Gasteiger partial charge in [-0.3, -0.25) is 9.59 Å². The van der Waals surface area contributed by atoms with Crippen LogP contribution < -0.4 is 4.74 Å². The van der Waals surface area contributed by atoms with E-state index in [9.17, 15) is 14.7 Å². The zero-order valence-corrected chi connectivity index (χ0v) is 20.6. The van der Waals surface area contributed by atoms with Crippen molar-refractivity contribution in [3.8, 4) is 5.75 Å². The van der Waals surface area contributed by atoms with E-state index in [-0.39, 0.29) is 17.4 Å². The van der Waals surface area contributed by atoms with E-state index in [1.165, 1.54) is 0 Å². The molecule has 0 saturated carbocycles. The largest absolute Gasteiger partial charge is 0.507 e. The highest BCUT2D eigenvalue weighted by molar-refractivity contribution is 6.46. The highest BCUT2D eigenvalue weighted by Gasteiger charge is 2.45. The lowest BCUT2D eigenvalue weighted by Crippen LogP contribution is -2.33. The van der Waals surface area contributed by atoms with Crippen LogP contribution in [0.25, 0.3) is 5.76 Å². The third kappa shape index (κ3) is 4.70. The molecule has 6 nitrogen and oxygen atoms in total. The van der Waals surface area contributed by atoms with Crippen LogP contribution in [0.5, 0.6) is 5.75 Å². The molecule has 1 N–H and O–H groups in total. The first-order chi connectivity index (χ1) is 16.3. The summed E-state index contributed by atoms with van der Waals surface area (Å²) in [5.41, 5.74) is 2.35. The topological polar surface area (TPSA) is 70.1 Å². The predicted octanol–water partition coefficient (Wildman–Crippen LogP) is 4.82. The zero-order chi connectivity index (χ0) is 24.4. The maximum atomic E-state index is 13.2. The van der Waals surface area contributed by atoms with Crippen LogP contribution in [-0.4, -0.2) is 58.9 Å². The minimum Gasteiger partial charge on any atom is -0.507 e. The van der Waals surface area contributed by atoms with Crippen LogP contribution in [0.1, 0.15) is 49.9 Å². The molecule has 2 aliphatic heterocycles. The first-order valence-electron chi connectivity index (χ1n) is 11.9. The molecule has 180 valence electrons. The van der Waals surface area contributed by atoms with E-state index in [4.69, 9.17) is 16.3 Å². The van der Waals surface area contributed by atoms with Crippen molar-refractivity contribution < 1.29 is 19.4 Å². The molecule has 0 spiro atoms. The number of carbonyl (C=O) groups is 2. The fourth-order valence-corrected chi connectivity index (χ4v) is 4.96. The van der Waals surface area contributed by atoms with Crippen LogP contribution >= 0.6 is 11.6 Å². The maximum absolute atomic E-state index is 13.2. The normalized spacial score (nSPS) is 21.3. The maximum Gasteiger partial charge on any atom is 0.295 e. The Labute approximate surface area is 205 Å². The number of aliphatic hydroxyl groups is 1. The summed E-state index contributed by atoms with van der Waals surface area (Å²) >= 11 is 6.10. The SMILES string of the molecule is CCN(CC)CCCN1C(=O)C(=O)C(=C(O)c2ccc3c(c2)C[C@@H](C)O3)[C@@H]1c1ccc(Cl)cc1. The van der Waals surface area contributed by atoms with Crippen molar-refractivity contribution in [1.82, 2.24) is 9.80 Å². The number of carbonyl (C=O) groups excluding carboxylic acids is 2. The fraction of sp³-hybridized carbons (Fsp3) is 0.407. The van der Waals surface area contributed by atoms with Crippen molar-refractivity contribution in [2.75, 3.05) is 26.2 Å². The van der Waals surface area contributed by atoms with E-state index in [0.29, 0.717) is 17.1 Å². The number of halogens is 1. The van der Waals surface area contributed by atoms with E-state index < -0.39 is 17.7 Å². The summed E-state index contributed by atoms with van der Waals surface area (Å²) in [4.78, 5) is 30.2. The molecule has 2 aliphatic rings. The number of nitrogens with zero attached hydrogens (tertiary/aromatic N) is 2. The molecule has 2 aromatic rings. The lowest BCUT2D eigenvalue weighted by molar-refractivity contribution is -0.140. The van der Waals surface area contributed by atoms with Gasteiger partial charge >= 0.3 is 0 Å². The Balaban J connectivity index is 1.72. The van der Waals surface area contributed by atoms with Gasteiger partial charge in [0.15, 0.2) is 0 Å². The average molecular weight is 483 g/mol. The molecule has 4 rings (SSSR count). The van der Waals surface area contributed by atoms with E-state index >= 15 is 0 Å². The molecule has 2 atom stereocenters. The summed E-state index contributed by atoms with van der Waals surface area (Å²) in [6.45, 7) is 9.29. The van der Waals surface area contributed by atoms with Crippen molar-refractivity contribution in [2.24, 2.45) is 0 Å². The number of fused-ring (bicyclic) bond motifs is 1. The second-order valence-corrected chi connectivity index (χ2v) is 9.32. The molecule has 1 amide bonds. The fourth-order valence-electron chi connectivity index (χ4n) is 4.83. The Bertz CT molecular complexity index is 1110. The Kier molecular flexibility index (Phi) is 7.29. The number of aliphatic hydroxyl groups excluding tert-OH is 1. The standard InChI is InChI=1S/C27H31ClN2O4/c1-4-29(5-2)13-6-14-30-24(18-7-10-21(28)11-8-18)23(26(32)27(30)33)25(31)19-9-12-22-20(16-19)15-17(3)34-22/h7-12,16-17,24,31H,4-6,13-15H2,1-3H3/t17-,24+/m1/s1. The molecule has 2 heterocycles. The molecule has 1 fully saturated rings. The molecule has 34 heavy (non-hydrogen) atoms. The molecule has 0 bridgehead atoms. The Morgan fingerprint density at radius 3 is 2.53 bits per heavy atom. The van der Waals surface area contributed by atoms with Gasteiger partial charge in [-0.25, -0.2) is 0 Å². The quantitative estimate of drug-likeness (QED) is 0.332. The number of benzene rings is 2. The number of amides is 1. The van der Waals surface area contributed by atoms with E-state index in [1.807, 2.05) is 31.2 Å². The van der Waals surface area contributed by atoms with Gasteiger partial charge in [0.1, 0.15) is 17.6 Å². The monoisotopic (exact) mass is 482 g/mol. The van der Waals surface area contributed by atoms with Gasteiger partial charge in [-0.1, -0.05) is 37.6 Å². The minimum absolute atomic E-state index is 0.0675. The molecule has 7 heteroatoms. The van der Waals surface area contributed by atoms with Crippen LogP contribution in [-0.2, 0) is 16.0 Å². The number of hydrogen-bond acceptors (Lipinski definition) is 5. The van der Waals surface area contributed by atoms with Gasteiger partial charge in [0.05, 0.1) is 11.6 Å². The van der Waals surface area contributed by atoms with Gasteiger partial charge in [-0.05, 0) is 74.4 Å². The van der Waals surface area contributed by atoms with E-state index in [1.54, 1.807) is 23.1 Å². The van der Waals surface area contributed by atoms with Crippen LogP contribution in [0.4, 0.5) is 0 Å². The lowest BCUT2D eigenvalue weighted by Gasteiger charge is -2.27. The van der Waals surface area contributed by atoms with Gasteiger partial charge in [-0.15, -0.1) is 0 Å². The van der Waals surface area contributed by atoms with E-state index in [2.05, 4.69) is 18.7 Å². The molecule has 0 radical (unpaired) electrons. The molecular formula is C27H31ClN2O4. The number of rotatable bonds is 8. The molecule has 0 aliphatic carbocycles. The first-order valence-corrected chi connectivity index (χ1v) is 12.3. The number of likely N-dealkylation sites (tertiary alicyclic amines) is 1. The Morgan fingerprint density at radius 2 is 1.85 bits per heavy atom. The number of hydrogen-bond donors (Lipinski definition) is 1. The summed E-state index contributed by atoms with van der Waals surface area (Å²) in [6, 6.07) is 11.8. The highest BCUT2D eigenvalue weighted by atomic mass is 35.5. The van der Waals surface area contributed by atoms with E-state index in [0.717, 1.165) is 49.4 Å². The third-order valence-corrected chi connectivity index (χ3v) is 6.91. The van der Waals surface area contributed by atoms with Crippen LogP contribution in [0.3, 0.4) is 0 Å². The molecule has 1 saturated heterocycles. The van der Waals surface area contributed by atoms with Gasteiger partial charge in [-0.2, -0.15) is 0 Å². The van der Waals surface area contributed by atoms with Gasteiger partial charge in [0, 0.05) is 23.6 Å². The summed E-state index contributed by atoms with van der Waals surface area (Å²) in [5.74, 6) is -0.619. The predicted molar refractivity (Wildman–Crippen MR) is 133 cm³/mol. The van der Waals surface area contributed by atoms with Crippen molar-refractivity contribution >= 4 is 29.1 Å². The van der Waals surface area contributed by atoms with Crippen molar-refractivity contribution in [3.05, 3.63) is 69.8 Å². The smallest absolute Gasteiger partial charge is 0.295 e. The third-order valence-electron chi connectivity index (χ3n) is 6.66. The lowest BCUT2D eigenvalue weighted by atomic mass is 9.94. The van der Waals surface area contributed by atoms with Gasteiger partial charge in [0.2, 0.25) is 0 Å². The average Bonchev–Trinajstić information content (AvgIpc) is 3.32.